The smallest absolute Gasteiger partial charge is 0.345 e. The number of aromatic nitrogens is 3. The van der Waals surface area contributed by atoms with Crippen LogP contribution < -0.4 is 11.0 Å². The molecule has 1 N–H and O–H groups in total. The first-order chi connectivity index (χ1) is 10.9. The minimum Gasteiger partial charge on any atom is -0.375 e. The molecule has 1 saturated heterocycles. The lowest BCUT2D eigenvalue weighted by Gasteiger charge is -2.24. The molecule has 1 unspecified atom stereocenters. The predicted molar refractivity (Wildman–Crippen MR) is 81.5 cm³/mol. The molecular formula is C14H23N5O4. The Balaban J connectivity index is 2.11. The van der Waals surface area contributed by atoms with E-state index in [-0.39, 0.29) is 30.7 Å². The summed E-state index contributed by atoms with van der Waals surface area (Å²) in [4.78, 5) is 37.7. The van der Waals surface area contributed by atoms with Gasteiger partial charge in [0, 0.05) is 27.7 Å². The van der Waals surface area contributed by atoms with Crippen LogP contribution >= 0.6 is 0 Å². The molecule has 0 spiro atoms. The number of likely N-dealkylation sites (tertiary alicyclic amines) is 1. The average Bonchev–Trinajstić information content (AvgIpc) is 2.65. The van der Waals surface area contributed by atoms with E-state index in [1.807, 2.05) is 0 Å². The Hall–Kier alpha value is -2.16. The lowest BCUT2D eigenvalue weighted by atomic mass is 10.1. The van der Waals surface area contributed by atoms with Crippen molar-refractivity contribution in [2.45, 2.75) is 31.8 Å². The van der Waals surface area contributed by atoms with Crippen LogP contribution in [-0.4, -0.2) is 57.4 Å². The molecule has 1 aromatic heterocycles. The van der Waals surface area contributed by atoms with Crippen LogP contribution in [0.15, 0.2) is 4.79 Å². The minimum atomic E-state index is -0.555. The lowest BCUT2D eigenvalue weighted by molar-refractivity contribution is -0.137. The quantitative estimate of drug-likeness (QED) is 0.730. The van der Waals surface area contributed by atoms with Gasteiger partial charge in [0.1, 0.15) is 12.6 Å². The Morgan fingerprint density at radius 3 is 2.70 bits per heavy atom. The summed E-state index contributed by atoms with van der Waals surface area (Å²) in [6.07, 6.45) is 2.30. The minimum absolute atomic E-state index is 0.0709. The van der Waals surface area contributed by atoms with Crippen LogP contribution in [0.5, 0.6) is 0 Å². The van der Waals surface area contributed by atoms with E-state index in [9.17, 15) is 14.4 Å². The third-order valence-corrected chi connectivity index (χ3v) is 3.94. The standard InChI is InChI=1S/C14H23N5O4/c1-17-11(16-18(2)14(17)22)8-19-7-5-4-6-10(13(19)21)15-12(20)9-23-3/h10H,4-9H2,1-3H3,(H,15,20). The second kappa shape index (κ2) is 7.40. The van der Waals surface area contributed by atoms with Crippen molar-refractivity contribution in [1.82, 2.24) is 24.6 Å². The number of ether oxygens (including phenoxy) is 1. The fourth-order valence-electron chi connectivity index (χ4n) is 2.68. The Labute approximate surface area is 134 Å². The van der Waals surface area contributed by atoms with Crippen molar-refractivity contribution in [1.29, 1.82) is 0 Å². The lowest BCUT2D eigenvalue weighted by Crippen LogP contribution is -2.48. The second-order valence-electron chi connectivity index (χ2n) is 5.69. The van der Waals surface area contributed by atoms with E-state index < -0.39 is 6.04 Å². The zero-order valence-electron chi connectivity index (χ0n) is 13.7. The van der Waals surface area contributed by atoms with E-state index in [4.69, 9.17) is 4.74 Å². The number of hydrogen-bond acceptors (Lipinski definition) is 5. The highest BCUT2D eigenvalue weighted by Gasteiger charge is 2.29. The normalized spacial score (nSPS) is 18.8. The van der Waals surface area contributed by atoms with Gasteiger partial charge in [-0.2, -0.15) is 5.10 Å². The molecule has 1 aliphatic rings. The van der Waals surface area contributed by atoms with E-state index in [2.05, 4.69) is 10.4 Å². The molecule has 0 aromatic carbocycles. The third-order valence-electron chi connectivity index (χ3n) is 3.94. The van der Waals surface area contributed by atoms with Crippen LogP contribution in [0.4, 0.5) is 0 Å². The molecule has 2 amide bonds. The van der Waals surface area contributed by atoms with Gasteiger partial charge in [0.05, 0.1) is 6.54 Å². The molecule has 1 aromatic rings. The maximum absolute atomic E-state index is 12.6. The summed E-state index contributed by atoms with van der Waals surface area (Å²) < 4.78 is 7.45. The number of hydrogen-bond donors (Lipinski definition) is 1. The zero-order chi connectivity index (χ0) is 17.0. The van der Waals surface area contributed by atoms with Gasteiger partial charge in [-0.15, -0.1) is 0 Å². The third kappa shape index (κ3) is 3.98. The van der Waals surface area contributed by atoms with Gasteiger partial charge in [-0.3, -0.25) is 14.2 Å². The van der Waals surface area contributed by atoms with Gasteiger partial charge in [0.15, 0.2) is 5.82 Å². The molecule has 1 aliphatic heterocycles. The van der Waals surface area contributed by atoms with Crippen LogP contribution in [0.3, 0.4) is 0 Å². The van der Waals surface area contributed by atoms with Gasteiger partial charge < -0.3 is 15.0 Å². The van der Waals surface area contributed by atoms with Gasteiger partial charge in [-0.1, -0.05) is 0 Å². The molecule has 1 fully saturated rings. The molecule has 1 atom stereocenters. The highest BCUT2D eigenvalue weighted by molar-refractivity contribution is 5.88. The molecule has 2 rings (SSSR count). The number of aryl methyl sites for hydroxylation is 1. The maximum Gasteiger partial charge on any atom is 0.345 e. The molecule has 0 bridgehead atoms. The fraction of sp³-hybridized carbons (Fsp3) is 0.714. The number of rotatable bonds is 5. The highest BCUT2D eigenvalue weighted by Crippen LogP contribution is 2.14. The molecule has 23 heavy (non-hydrogen) atoms. The first-order valence-corrected chi connectivity index (χ1v) is 7.60. The van der Waals surface area contributed by atoms with Gasteiger partial charge >= 0.3 is 5.69 Å². The van der Waals surface area contributed by atoms with Crippen LogP contribution in [-0.2, 0) is 35.0 Å². The number of methoxy groups -OCH3 is 1. The average molecular weight is 325 g/mol. The summed E-state index contributed by atoms with van der Waals surface area (Å²) in [6, 6.07) is -0.555. The molecule has 0 aliphatic carbocycles. The Kier molecular flexibility index (Phi) is 5.54. The Bertz CT molecular complexity index is 636. The van der Waals surface area contributed by atoms with Gasteiger partial charge in [0.25, 0.3) is 0 Å². The summed E-state index contributed by atoms with van der Waals surface area (Å²) in [5.74, 6) is 0.0673. The molecule has 0 radical (unpaired) electrons. The number of nitrogens with zero attached hydrogens (tertiary/aromatic N) is 4. The summed E-state index contributed by atoms with van der Waals surface area (Å²) in [7, 11) is 4.64. The molecular weight excluding hydrogens is 302 g/mol. The molecule has 9 heteroatoms. The molecule has 2 heterocycles. The molecule has 0 saturated carbocycles. The highest BCUT2D eigenvalue weighted by atomic mass is 16.5. The van der Waals surface area contributed by atoms with E-state index in [0.29, 0.717) is 18.8 Å². The van der Waals surface area contributed by atoms with E-state index in [0.717, 1.165) is 12.8 Å². The van der Waals surface area contributed by atoms with Crippen molar-refractivity contribution in [3.63, 3.8) is 0 Å². The van der Waals surface area contributed by atoms with Crippen molar-refractivity contribution < 1.29 is 14.3 Å². The van der Waals surface area contributed by atoms with Crippen LogP contribution in [0.25, 0.3) is 0 Å². The maximum atomic E-state index is 12.6. The SMILES string of the molecule is COCC(=O)NC1CCCCN(Cc2nn(C)c(=O)n2C)C1=O. The Morgan fingerprint density at radius 2 is 2.09 bits per heavy atom. The van der Waals surface area contributed by atoms with Crippen molar-refractivity contribution in [2.24, 2.45) is 14.1 Å². The van der Waals surface area contributed by atoms with Gasteiger partial charge in [0.2, 0.25) is 11.8 Å². The van der Waals surface area contributed by atoms with Crippen molar-refractivity contribution in [3.05, 3.63) is 16.3 Å². The topological polar surface area (TPSA) is 98.5 Å². The number of carbonyl (C=O) groups is 2. The first kappa shape index (κ1) is 17.2. The number of amides is 2. The summed E-state index contributed by atoms with van der Waals surface area (Å²) in [5, 5.41) is 6.86. The number of nitrogens with one attached hydrogen (secondary N) is 1. The fourth-order valence-corrected chi connectivity index (χ4v) is 2.68. The monoisotopic (exact) mass is 325 g/mol. The van der Waals surface area contributed by atoms with E-state index >= 15 is 0 Å². The van der Waals surface area contributed by atoms with Crippen molar-refractivity contribution in [3.8, 4) is 0 Å². The first-order valence-electron chi connectivity index (χ1n) is 7.60. The van der Waals surface area contributed by atoms with E-state index in [1.165, 1.54) is 16.4 Å². The molecule has 128 valence electrons. The van der Waals surface area contributed by atoms with Crippen molar-refractivity contribution in [2.75, 3.05) is 20.3 Å². The molecule has 9 nitrogen and oxygen atoms in total. The second-order valence-corrected chi connectivity index (χ2v) is 5.69. The summed E-state index contributed by atoms with van der Waals surface area (Å²) in [5.41, 5.74) is -0.229. The zero-order valence-corrected chi connectivity index (χ0v) is 13.7. The van der Waals surface area contributed by atoms with Gasteiger partial charge in [-0.05, 0) is 19.3 Å². The summed E-state index contributed by atoms with van der Waals surface area (Å²) in [6.45, 7) is 0.765. The van der Waals surface area contributed by atoms with Crippen molar-refractivity contribution >= 4 is 11.8 Å². The Morgan fingerprint density at radius 1 is 1.35 bits per heavy atom. The summed E-state index contributed by atoms with van der Waals surface area (Å²) >= 11 is 0. The largest absolute Gasteiger partial charge is 0.375 e. The van der Waals surface area contributed by atoms with E-state index in [1.54, 1.807) is 19.0 Å². The van der Waals surface area contributed by atoms with Crippen LogP contribution in [0, 0.1) is 0 Å². The van der Waals surface area contributed by atoms with Crippen LogP contribution in [0.1, 0.15) is 25.1 Å². The predicted octanol–water partition coefficient (Wildman–Crippen LogP) is -1.24. The van der Waals surface area contributed by atoms with Crippen LogP contribution in [0.2, 0.25) is 0 Å². The number of carbonyl (C=O) groups excluding carboxylic acids is 2. The van der Waals surface area contributed by atoms with Gasteiger partial charge in [-0.25, -0.2) is 9.48 Å².